The average Bonchev–Trinajstić information content (AvgIpc) is 2.34. The van der Waals surface area contributed by atoms with Gasteiger partial charge in [-0.25, -0.2) is 4.39 Å². The number of allylic oxidation sites excluding steroid dienone is 5. The van der Waals surface area contributed by atoms with Crippen molar-refractivity contribution < 1.29 is 4.39 Å². The van der Waals surface area contributed by atoms with E-state index >= 15 is 0 Å². The highest BCUT2D eigenvalue weighted by Gasteiger charge is 1.97. The monoisotopic (exact) mass is 216 g/mol. The molecule has 0 saturated carbocycles. The van der Waals surface area contributed by atoms with Crippen molar-refractivity contribution in [1.82, 2.24) is 0 Å². The highest BCUT2D eigenvalue weighted by molar-refractivity contribution is 5.55. The Morgan fingerprint density at radius 1 is 1.25 bits per heavy atom. The quantitative estimate of drug-likeness (QED) is 0.627. The molecule has 0 N–H and O–H groups in total. The van der Waals surface area contributed by atoms with E-state index in [1.54, 1.807) is 6.92 Å². The molecular weight excluding hydrogens is 199 g/mol. The second-order valence-corrected chi connectivity index (χ2v) is 3.45. The van der Waals surface area contributed by atoms with Crippen LogP contribution in [-0.2, 0) is 0 Å². The van der Waals surface area contributed by atoms with E-state index < -0.39 is 0 Å². The molecule has 16 heavy (non-hydrogen) atoms. The fourth-order valence-corrected chi connectivity index (χ4v) is 1.38. The van der Waals surface area contributed by atoms with Crippen LogP contribution in [0, 0.1) is 0 Å². The van der Waals surface area contributed by atoms with Gasteiger partial charge in [0.2, 0.25) is 0 Å². The lowest BCUT2D eigenvalue weighted by Gasteiger charge is -1.98. The molecule has 0 heterocycles. The van der Waals surface area contributed by atoms with E-state index in [1.807, 2.05) is 55.5 Å². The van der Waals surface area contributed by atoms with Crippen molar-refractivity contribution in [3.05, 3.63) is 65.5 Å². The summed E-state index contributed by atoms with van der Waals surface area (Å²) in [5.41, 5.74) is 1.72. The van der Waals surface area contributed by atoms with Gasteiger partial charge in [-0.1, -0.05) is 61.6 Å². The molecule has 0 fully saturated rings. The third-order valence-corrected chi connectivity index (χ3v) is 2.21. The Kier molecular flexibility index (Phi) is 5.27. The Morgan fingerprint density at radius 3 is 2.50 bits per heavy atom. The minimum absolute atomic E-state index is 0.172. The van der Waals surface area contributed by atoms with Crippen LogP contribution in [0.2, 0.25) is 0 Å². The summed E-state index contributed by atoms with van der Waals surface area (Å²) in [6.07, 6.45) is 7.93. The number of rotatable bonds is 4. The van der Waals surface area contributed by atoms with Crippen molar-refractivity contribution in [1.29, 1.82) is 0 Å². The summed E-state index contributed by atoms with van der Waals surface area (Å²) in [5, 5.41) is 0. The largest absolute Gasteiger partial charge is 0.207 e. The lowest BCUT2D eigenvalue weighted by atomic mass is 10.1. The maximum Gasteiger partial charge on any atom is 0.125 e. The Morgan fingerprint density at radius 2 is 1.94 bits per heavy atom. The highest BCUT2D eigenvalue weighted by atomic mass is 19.1. The van der Waals surface area contributed by atoms with Crippen molar-refractivity contribution >= 4 is 6.08 Å². The second-order valence-electron chi connectivity index (χ2n) is 3.45. The van der Waals surface area contributed by atoms with Crippen LogP contribution in [0.1, 0.15) is 25.8 Å². The van der Waals surface area contributed by atoms with Gasteiger partial charge in [0.1, 0.15) is 5.83 Å². The van der Waals surface area contributed by atoms with Crippen molar-refractivity contribution in [2.24, 2.45) is 0 Å². The Balaban J connectivity index is 2.85. The van der Waals surface area contributed by atoms with E-state index in [0.29, 0.717) is 5.57 Å². The predicted molar refractivity (Wildman–Crippen MR) is 68.7 cm³/mol. The van der Waals surface area contributed by atoms with Crippen molar-refractivity contribution in [2.45, 2.75) is 20.3 Å². The van der Waals surface area contributed by atoms with E-state index in [1.165, 1.54) is 6.08 Å². The molecule has 0 aliphatic rings. The lowest BCUT2D eigenvalue weighted by molar-refractivity contribution is 0.654. The van der Waals surface area contributed by atoms with Crippen LogP contribution < -0.4 is 0 Å². The lowest BCUT2D eigenvalue weighted by Crippen LogP contribution is -1.79. The smallest absolute Gasteiger partial charge is 0.125 e. The van der Waals surface area contributed by atoms with E-state index in [4.69, 9.17) is 0 Å². The van der Waals surface area contributed by atoms with Gasteiger partial charge < -0.3 is 0 Å². The van der Waals surface area contributed by atoms with Gasteiger partial charge in [-0.3, -0.25) is 0 Å². The molecular formula is C15H17F. The minimum atomic E-state index is -0.172. The summed E-state index contributed by atoms with van der Waals surface area (Å²) in [7, 11) is 0. The maximum atomic E-state index is 13.4. The van der Waals surface area contributed by atoms with Gasteiger partial charge in [0, 0.05) is 5.57 Å². The molecule has 0 atom stereocenters. The first-order valence-electron chi connectivity index (χ1n) is 5.53. The molecule has 0 bridgehead atoms. The molecule has 0 unspecified atom stereocenters. The van der Waals surface area contributed by atoms with Crippen LogP contribution in [0.25, 0.3) is 6.08 Å². The molecule has 1 heteroatoms. The number of hydrogen-bond donors (Lipinski definition) is 0. The number of benzene rings is 1. The molecule has 0 amide bonds. The molecule has 0 aromatic heterocycles. The van der Waals surface area contributed by atoms with Crippen molar-refractivity contribution in [3.63, 3.8) is 0 Å². The van der Waals surface area contributed by atoms with Gasteiger partial charge in [-0.05, 0) is 18.9 Å². The molecule has 0 spiro atoms. The zero-order valence-corrected chi connectivity index (χ0v) is 9.78. The van der Waals surface area contributed by atoms with Gasteiger partial charge in [0.25, 0.3) is 0 Å². The summed E-state index contributed by atoms with van der Waals surface area (Å²) in [5.74, 6) is -0.172. The topological polar surface area (TPSA) is 0 Å². The SMILES string of the molecule is C\C=C(F)/C(=C\CC)/C=C/c1ccccc1. The zero-order chi connectivity index (χ0) is 11.8. The van der Waals surface area contributed by atoms with Crippen LogP contribution in [0.4, 0.5) is 4.39 Å². The highest BCUT2D eigenvalue weighted by Crippen LogP contribution is 2.15. The van der Waals surface area contributed by atoms with E-state index in [2.05, 4.69) is 0 Å². The Hall–Kier alpha value is -1.63. The van der Waals surface area contributed by atoms with E-state index in [-0.39, 0.29) is 5.83 Å². The van der Waals surface area contributed by atoms with Crippen LogP contribution in [0.15, 0.2) is 60.0 Å². The first kappa shape index (κ1) is 12.4. The second kappa shape index (κ2) is 6.78. The predicted octanol–water partition coefficient (Wildman–Crippen LogP) is 4.91. The fraction of sp³-hybridized carbons (Fsp3) is 0.200. The molecule has 1 aromatic carbocycles. The van der Waals surface area contributed by atoms with Gasteiger partial charge in [0.05, 0.1) is 0 Å². The van der Waals surface area contributed by atoms with Gasteiger partial charge >= 0.3 is 0 Å². The van der Waals surface area contributed by atoms with Crippen LogP contribution in [-0.4, -0.2) is 0 Å². The first-order valence-corrected chi connectivity index (χ1v) is 5.53. The minimum Gasteiger partial charge on any atom is -0.207 e. The molecule has 0 aliphatic carbocycles. The summed E-state index contributed by atoms with van der Waals surface area (Å²) in [6, 6.07) is 9.89. The first-order chi connectivity index (χ1) is 7.77. The Labute approximate surface area is 96.8 Å². The molecule has 0 saturated heterocycles. The summed E-state index contributed by atoms with van der Waals surface area (Å²) in [6.45, 7) is 3.70. The van der Waals surface area contributed by atoms with Gasteiger partial charge in [-0.2, -0.15) is 0 Å². The molecule has 0 nitrogen and oxygen atoms in total. The van der Waals surface area contributed by atoms with Crippen LogP contribution in [0.5, 0.6) is 0 Å². The van der Waals surface area contributed by atoms with E-state index in [0.717, 1.165) is 12.0 Å². The van der Waals surface area contributed by atoms with E-state index in [9.17, 15) is 4.39 Å². The van der Waals surface area contributed by atoms with Gasteiger partial charge in [-0.15, -0.1) is 0 Å². The Bertz CT molecular complexity index is 397. The summed E-state index contributed by atoms with van der Waals surface area (Å²) in [4.78, 5) is 0. The molecule has 84 valence electrons. The fourth-order valence-electron chi connectivity index (χ4n) is 1.38. The van der Waals surface area contributed by atoms with Crippen molar-refractivity contribution in [2.75, 3.05) is 0 Å². The van der Waals surface area contributed by atoms with Crippen molar-refractivity contribution in [3.8, 4) is 0 Å². The third kappa shape index (κ3) is 3.85. The molecule has 0 radical (unpaired) electrons. The molecule has 0 aliphatic heterocycles. The van der Waals surface area contributed by atoms with Crippen LogP contribution in [0.3, 0.4) is 0 Å². The zero-order valence-electron chi connectivity index (χ0n) is 9.78. The van der Waals surface area contributed by atoms with Gasteiger partial charge in [0.15, 0.2) is 0 Å². The standard InChI is InChI=1S/C15H17F/c1-3-8-14(15(16)4-2)12-11-13-9-6-5-7-10-13/h4-12H,3H2,1-2H3/b12-11+,14-8-,15-4+. The average molecular weight is 216 g/mol. The maximum absolute atomic E-state index is 13.4. The number of hydrogen-bond acceptors (Lipinski definition) is 0. The number of halogens is 1. The normalized spacial score (nSPS) is 13.4. The molecule has 1 rings (SSSR count). The summed E-state index contributed by atoms with van der Waals surface area (Å²) < 4.78 is 13.4. The molecule has 1 aromatic rings. The summed E-state index contributed by atoms with van der Waals surface area (Å²) >= 11 is 0. The van der Waals surface area contributed by atoms with Crippen LogP contribution >= 0.6 is 0 Å². The third-order valence-electron chi connectivity index (χ3n) is 2.21.